The van der Waals surface area contributed by atoms with Gasteiger partial charge in [0.1, 0.15) is 11.6 Å². The van der Waals surface area contributed by atoms with Gasteiger partial charge in [0.05, 0.1) is 12.8 Å². The molecule has 3 N–H and O–H groups in total. The standard InChI is InChI=1S/C12H14N2O.C2H2O4/c1-8-9(2)14-12(13-8)10-5-4-6-11(7-10)15-3;3-1(4)2(5)6/h4-7H,1-3H3,(H,13,14);(H,3,4)(H,5,6). The van der Waals surface area contributed by atoms with Crippen LogP contribution in [0.3, 0.4) is 0 Å². The van der Waals surface area contributed by atoms with E-state index in [9.17, 15) is 0 Å². The van der Waals surface area contributed by atoms with Crippen molar-refractivity contribution in [1.82, 2.24) is 9.97 Å². The van der Waals surface area contributed by atoms with E-state index in [2.05, 4.69) is 9.97 Å². The van der Waals surface area contributed by atoms with Crippen molar-refractivity contribution in [3.05, 3.63) is 35.7 Å². The van der Waals surface area contributed by atoms with E-state index in [4.69, 9.17) is 24.5 Å². The van der Waals surface area contributed by atoms with E-state index >= 15 is 0 Å². The number of imidazole rings is 1. The van der Waals surface area contributed by atoms with Crippen LogP contribution in [0, 0.1) is 13.8 Å². The molecule has 1 aromatic carbocycles. The van der Waals surface area contributed by atoms with Gasteiger partial charge in [0.25, 0.3) is 0 Å². The van der Waals surface area contributed by atoms with Gasteiger partial charge in [-0.1, -0.05) is 12.1 Å². The largest absolute Gasteiger partial charge is 0.497 e. The number of hydrogen-bond donors (Lipinski definition) is 3. The Labute approximate surface area is 121 Å². The average molecular weight is 292 g/mol. The lowest BCUT2D eigenvalue weighted by atomic mass is 10.2. The predicted molar refractivity (Wildman–Crippen MR) is 75.3 cm³/mol. The van der Waals surface area contributed by atoms with Crippen molar-refractivity contribution < 1.29 is 24.5 Å². The van der Waals surface area contributed by atoms with Crippen LogP contribution in [0.15, 0.2) is 24.3 Å². The first-order valence-corrected chi connectivity index (χ1v) is 5.99. The maximum atomic E-state index is 9.10. The minimum atomic E-state index is -1.82. The Bertz CT molecular complexity index is 617. The third-order valence-corrected chi connectivity index (χ3v) is 2.65. The van der Waals surface area contributed by atoms with Gasteiger partial charge in [0.2, 0.25) is 0 Å². The summed E-state index contributed by atoms with van der Waals surface area (Å²) in [4.78, 5) is 25.9. The molecule has 21 heavy (non-hydrogen) atoms. The van der Waals surface area contributed by atoms with Gasteiger partial charge in [-0.2, -0.15) is 0 Å². The number of carboxylic acid groups (broad SMARTS) is 2. The molecule has 2 aromatic rings. The predicted octanol–water partition coefficient (Wildman–Crippen LogP) is 1.86. The molecule has 0 aliphatic heterocycles. The number of rotatable bonds is 2. The van der Waals surface area contributed by atoms with E-state index in [1.165, 1.54) is 0 Å². The minimum absolute atomic E-state index is 0.846. The molecule has 7 nitrogen and oxygen atoms in total. The maximum Gasteiger partial charge on any atom is 0.414 e. The molecule has 112 valence electrons. The van der Waals surface area contributed by atoms with E-state index in [1.54, 1.807) is 7.11 Å². The number of hydrogen-bond acceptors (Lipinski definition) is 4. The summed E-state index contributed by atoms with van der Waals surface area (Å²) in [5.41, 5.74) is 3.19. The zero-order valence-electron chi connectivity index (χ0n) is 11.9. The van der Waals surface area contributed by atoms with Crippen LogP contribution in [-0.2, 0) is 9.59 Å². The van der Waals surface area contributed by atoms with Crippen molar-refractivity contribution in [2.24, 2.45) is 0 Å². The summed E-state index contributed by atoms with van der Waals surface area (Å²) in [7, 11) is 1.66. The zero-order chi connectivity index (χ0) is 16.0. The molecule has 0 saturated heterocycles. The fourth-order valence-corrected chi connectivity index (χ4v) is 1.45. The Kier molecular flexibility index (Phi) is 5.48. The second kappa shape index (κ2) is 7.09. The summed E-state index contributed by atoms with van der Waals surface area (Å²) < 4.78 is 5.17. The fraction of sp³-hybridized carbons (Fsp3) is 0.214. The van der Waals surface area contributed by atoms with E-state index in [0.717, 1.165) is 28.5 Å². The number of aromatic nitrogens is 2. The number of aromatic amines is 1. The summed E-state index contributed by atoms with van der Waals surface area (Å²) in [5, 5.41) is 14.8. The van der Waals surface area contributed by atoms with Crippen LogP contribution in [-0.4, -0.2) is 39.2 Å². The molecule has 0 fully saturated rings. The number of benzene rings is 1. The molecule has 0 unspecified atom stereocenters. The highest BCUT2D eigenvalue weighted by Crippen LogP contribution is 2.22. The van der Waals surface area contributed by atoms with Crippen molar-refractivity contribution in [1.29, 1.82) is 0 Å². The van der Waals surface area contributed by atoms with Crippen molar-refractivity contribution in [3.8, 4) is 17.1 Å². The molecule has 7 heteroatoms. The number of carboxylic acids is 2. The van der Waals surface area contributed by atoms with Crippen molar-refractivity contribution in [2.45, 2.75) is 13.8 Å². The number of nitrogens with one attached hydrogen (secondary N) is 1. The highest BCUT2D eigenvalue weighted by Gasteiger charge is 2.05. The summed E-state index contributed by atoms with van der Waals surface area (Å²) in [6.45, 7) is 4.02. The van der Waals surface area contributed by atoms with Crippen LogP contribution in [0.1, 0.15) is 11.4 Å². The number of aryl methyl sites for hydroxylation is 2. The van der Waals surface area contributed by atoms with Crippen LogP contribution in [0.5, 0.6) is 5.75 Å². The Balaban J connectivity index is 0.000000315. The highest BCUT2D eigenvalue weighted by molar-refractivity contribution is 6.27. The molecular weight excluding hydrogens is 276 g/mol. The van der Waals surface area contributed by atoms with Gasteiger partial charge < -0.3 is 19.9 Å². The summed E-state index contributed by atoms with van der Waals surface area (Å²) in [6.07, 6.45) is 0. The molecule has 2 rings (SSSR count). The number of aliphatic carboxylic acids is 2. The zero-order valence-corrected chi connectivity index (χ0v) is 11.9. The first-order chi connectivity index (χ1) is 9.85. The molecular formula is C14H16N2O5. The lowest BCUT2D eigenvalue weighted by molar-refractivity contribution is -0.159. The highest BCUT2D eigenvalue weighted by atomic mass is 16.5. The van der Waals surface area contributed by atoms with E-state index < -0.39 is 11.9 Å². The van der Waals surface area contributed by atoms with E-state index in [1.807, 2.05) is 38.1 Å². The van der Waals surface area contributed by atoms with Crippen LogP contribution >= 0.6 is 0 Å². The second-order valence-corrected chi connectivity index (χ2v) is 4.14. The lowest BCUT2D eigenvalue weighted by Crippen LogP contribution is -2.09. The fourth-order valence-electron chi connectivity index (χ4n) is 1.45. The van der Waals surface area contributed by atoms with E-state index in [-0.39, 0.29) is 0 Å². The Hall–Kier alpha value is -2.83. The smallest absolute Gasteiger partial charge is 0.414 e. The van der Waals surface area contributed by atoms with Gasteiger partial charge >= 0.3 is 11.9 Å². The SMILES string of the molecule is COc1cccc(-c2nc(C)c(C)[nH]2)c1.O=C(O)C(=O)O. The molecule has 1 heterocycles. The van der Waals surface area contributed by atoms with Gasteiger partial charge in [-0.05, 0) is 26.0 Å². The number of carbonyl (C=O) groups is 2. The normalized spacial score (nSPS) is 9.48. The molecule has 0 saturated carbocycles. The quantitative estimate of drug-likeness (QED) is 0.728. The Morgan fingerprint density at radius 3 is 2.24 bits per heavy atom. The second-order valence-electron chi connectivity index (χ2n) is 4.14. The van der Waals surface area contributed by atoms with Crippen molar-refractivity contribution in [2.75, 3.05) is 7.11 Å². The lowest BCUT2D eigenvalue weighted by Gasteiger charge is -2.01. The van der Waals surface area contributed by atoms with Crippen LogP contribution in [0.4, 0.5) is 0 Å². The number of H-pyrrole nitrogens is 1. The molecule has 0 bridgehead atoms. The van der Waals surface area contributed by atoms with Crippen molar-refractivity contribution in [3.63, 3.8) is 0 Å². The summed E-state index contributed by atoms with van der Waals surface area (Å²) in [5.74, 6) is -1.91. The van der Waals surface area contributed by atoms with Gasteiger partial charge in [-0.3, -0.25) is 0 Å². The van der Waals surface area contributed by atoms with Crippen molar-refractivity contribution >= 4 is 11.9 Å². The molecule has 1 aromatic heterocycles. The van der Waals surface area contributed by atoms with Gasteiger partial charge in [-0.15, -0.1) is 0 Å². The first-order valence-electron chi connectivity index (χ1n) is 5.99. The average Bonchev–Trinajstić information content (AvgIpc) is 2.79. The van der Waals surface area contributed by atoms with Gasteiger partial charge in [0, 0.05) is 11.3 Å². The molecule has 0 atom stereocenters. The third kappa shape index (κ3) is 4.64. The monoisotopic (exact) mass is 292 g/mol. The third-order valence-electron chi connectivity index (χ3n) is 2.65. The summed E-state index contributed by atoms with van der Waals surface area (Å²) in [6, 6.07) is 7.87. The number of nitrogens with zero attached hydrogens (tertiary/aromatic N) is 1. The van der Waals surface area contributed by atoms with Gasteiger partial charge in [0.15, 0.2) is 0 Å². The van der Waals surface area contributed by atoms with Crippen LogP contribution < -0.4 is 4.74 Å². The van der Waals surface area contributed by atoms with E-state index in [0.29, 0.717) is 0 Å². The Morgan fingerprint density at radius 2 is 1.81 bits per heavy atom. The molecule has 0 aliphatic carbocycles. The Morgan fingerprint density at radius 1 is 1.19 bits per heavy atom. The minimum Gasteiger partial charge on any atom is -0.497 e. The number of ether oxygens (including phenoxy) is 1. The summed E-state index contributed by atoms with van der Waals surface area (Å²) >= 11 is 0. The molecule has 0 radical (unpaired) electrons. The first kappa shape index (κ1) is 16.2. The topological polar surface area (TPSA) is 113 Å². The van der Waals surface area contributed by atoms with Crippen LogP contribution in [0.2, 0.25) is 0 Å². The van der Waals surface area contributed by atoms with Crippen LogP contribution in [0.25, 0.3) is 11.4 Å². The van der Waals surface area contributed by atoms with Gasteiger partial charge in [-0.25, -0.2) is 14.6 Å². The molecule has 0 spiro atoms. The molecule has 0 aliphatic rings. The maximum absolute atomic E-state index is 9.10. The molecule has 0 amide bonds. The number of methoxy groups -OCH3 is 1.